The van der Waals surface area contributed by atoms with E-state index in [0.29, 0.717) is 25.8 Å². The molecule has 3 saturated heterocycles. The van der Waals surface area contributed by atoms with Crippen LogP contribution in [-0.4, -0.2) is 173 Å². The molecule has 0 saturated carbocycles. The van der Waals surface area contributed by atoms with Crippen molar-refractivity contribution in [3.63, 3.8) is 0 Å². The van der Waals surface area contributed by atoms with Gasteiger partial charge < -0.3 is 62.5 Å². The third-order valence-electron chi connectivity index (χ3n) is 10.3. The zero-order chi connectivity index (χ0) is 42.4. The molecule has 11 N–H and O–H groups in total. The Labute approximate surface area is 330 Å². The topological polar surface area (TPSA) is 326 Å². The van der Waals surface area contributed by atoms with E-state index in [1.54, 1.807) is 14.0 Å². The number of β-amino-alcohol motifs (C(OH)–C–C–N with tert-alkyl or cyclic N) is 1. The predicted octanol–water partition coefficient (Wildman–Crippen LogP) is -4.54. The number of nitrogens with two attached hydrogens (primary N) is 1. The Morgan fingerprint density at radius 3 is 2.00 bits per heavy atom. The quantitative estimate of drug-likeness (QED) is 0.0315. The Balaban J connectivity index is 1.75. The van der Waals surface area contributed by atoms with Crippen molar-refractivity contribution in [1.29, 1.82) is 5.41 Å². The first-order valence-electron chi connectivity index (χ1n) is 19.2. The van der Waals surface area contributed by atoms with Crippen LogP contribution < -0.4 is 37.6 Å². The minimum atomic E-state index is -1.53. The molecule has 22 heteroatoms. The van der Waals surface area contributed by atoms with Gasteiger partial charge in [-0.15, -0.1) is 0 Å². The van der Waals surface area contributed by atoms with Gasteiger partial charge in [-0.05, 0) is 65.8 Å². The number of likely N-dealkylation sites (tertiary alicyclic amines) is 3. The fraction of sp³-hybridized carbons (Fsp3) is 0.714. The number of carboxylic acid groups (broad SMARTS) is 1. The van der Waals surface area contributed by atoms with E-state index < -0.39 is 109 Å². The fourth-order valence-electron chi connectivity index (χ4n) is 7.13. The predicted molar refractivity (Wildman–Crippen MR) is 201 cm³/mol. The molecule has 3 aliphatic heterocycles. The summed E-state index contributed by atoms with van der Waals surface area (Å²) in [6.07, 6.45) is -0.344. The molecule has 57 heavy (non-hydrogen) atoms. The Morgan fingerprint density at radius 2 is 1.40 bits per heavy atom. The summed E-state index contributed by atoms with van der Waals surface area (Å²) in [7, 11) is 1.58. The zero-order valence-electron chi connectivity index (χ0n) is 32.6. The number of Topliss-reactive ketones (excluding diaryl/α,β-unsaturated/α-hetero) is 1. The maximum atomic E-state index is 14.0. The monoisotopic (exact) mass is 807 g/mol. The van der Waals surface area contributed by atoms with Crippen LogP contribution >= 0.6 is 0 Å². The SMILES string of the molecule is CNC(C)C(=O)NCC(=O)N1CCCC1C(=O)NC(CCCNC(=N)N)C(=O)NC(CCC(=O)O)C(=O)N1CC(O)CC1C(=O)NCC(=O)N1CCCC1C(C)=O. The first-order valence-corrected chi connectivity index (χ1v) is 19.2. The third-order valence-corrected chi connectivity index (χ3v) is 10.3. The molecule has 0 aromatic rings. The van der Waals surface area contributed by atoms with Gasteiger partial charge >= 0.3 is 5.97 Å². The summed E-state index contributed by atoms with van der Waals surface area (Å²) in [5.74, 6) is -6.43. The van der Waals surface area contributed by atoms with Gasteiger partial charge in [0.1, 0.15) is 24.2 Å². The van der Waals surface area contributed by atoms with Crippen molar-refractivity contribution < 1.29 is 53.4 Å². The molecule has 7 unspecified atom stereocenters. The second kappa shape index (κ2) is 21.8. The Kier molecular flexibility index (Phi) is 17.6. The summed E-state index contributed by atoms with van der Waals surface area (Å²) in [5.41, 5.74) is 5.37. The van der Waals surface area contributed by atoms with E-state index in [1.165, 1.54) is 16.7 Å². The van der Waals surface area contributed by atoms with Gasteiger partial charge in [0.05, 0.1) is 31.3 Å². The number of carbonyl (C=O) groups excluding carboxylic acids is 8. The second-order valence-electron chi connectivity index (χ2n) is 14.5. The molecule has 318 valence electrons. The molecule has 3 rings (SSSR count). The van der Waals surface area contributed by atoms with Gasteiger partial charge in [0.25, 0.3) is 0 Å². The van der Waals surface area contributed by atoms with E-state index in [0.717, 1.165) is 4.90 Å². The first kappa shape index (κ1) is 46.0. The lowest BCUT2D eigenvalue weighted by molar-refractivity contribution is -0.144. The number of likely N-dealkylation sites (N-methyl/N-ethyl adjacent to an activating group) is 1. The molecule has 3 aliphatic rings. The number of nitrogens with zero attached hydrogens (tertiary/aromatic N) is 3. The fourth-order valence-corrected chi connectivity index (χ4v) is 7.13. The number of nitrogens with one attached hydrogen (secondary N) is 7. The highest BCUT2D eigenvalue weighted by Gasteiger charge is 2.43. The van der Waals surface area contributed by atoms with Crippen LogP contribution in [0.3, 0.4) is 0 Å². The summed E-state index contributed by atoms with van der Waals surface area (Å²) in [6.45, 7) is 2.53. The van der Waals surface area contributed by atoms with Gasteiger partial charge in [-0.2, -0.15) is 0 Å². The number of carbonyl (C=O) groups is 9. The number of hydrogen-bond donors (Lipinski definition) is 10. The van der Waals surface area contributed by atoms with Crippen LogP contribution in [-0.2, 0) is 43.2 Å². The minimum Gasteiger partial charge on any atom is -0.481 e. The van der Waals surface area contributed by atoms with E-state index in [2.05, 4.69) is 31.9 Å². The van der Waals surface area contributed by atoms with Gasteiger partial charge in [0.15, 0.2) is 11.7 Å². The molecular formula is C35H57N11O11. The number of ketones is 1. The van der Waals surface area contributed by atoms with Crippen molar-refractivity contribution in [3.05, 3.63) is 0 Å². The average molecular weight is 808 g/mol. The van der Waals surface area contributed by atoms with Gasteiger partial charge in [-0.25, -0.2) is 0 Å². The van der Waals surface area contributed by atoms with Gasteiger partial charge in [0, 0.05) is 39.0 Å². The highest BCUT2D eigenvalue weighted by atomic mass is 16.4. The van der Waals surface area contributed by atoms with Crippen LogP contribution in [0.5, 0.6) is 0 Å². The second-order valence-corrected chi connectivity index (χ2v) is 14.5. The summed E-state index contributed by atoms with van der Waals surface area (Å²) >= 11 is 0. The Hall–Kier alpha value is -5.38. The molecule has 0 aromatic carbocycles. The normalized spacial score (nSPS) is 21.9. The average Bonchev–Trinajstić information content (AvgIpc) is 3.95. The minimum absolute atomic E-state index is 0.0423. The molecule has 0 bridgehead atoms. The summed E-state index contributed by atoms with van der Waals surface area (Å²) in [5, 5.41) is 42.9. The third kappa shape index (κ3) is 13.4. The van der Waals surface area contributed by atoms with Crippen molar-refractivity contribution in [2.45, 2.75) is 114 Å². The van der Waals surface area contributed by atoms with E-state index in [4.69, 9.17) is 11.1 Å². The number of hydrogen-bond acceptors (Lipinski definition) is 12. The molecule has 7 amide bonds. The molecule has 0 aliphatic carbocycles. The maximum Gasteiger partial charge on any atom is 0.303 e. The largest absolute Gasteiger partial charge is 0.481 e. The molecule has 22 nitrogen and oxygen atoms in total. The maximum absolute atomic E-state index is 14.0. The van der Waals surface area contributed by atoms with E-state index in [-0.39, 0.29) is 63.6 Å². The standard InChI is InChI=1S/C35H57N11O11/c1-19(38-3)30(53)40-16-28(50)45-14-6-9-25(45)33(56)42-22(7-4-12-39-35(36)37)31(54)43-23(10-11-29(51)52)34(57)46-18-21(48)15-26(46)32(55)41-17-27(49)44-13-5-8-24(44)20(2)47/h19,21-26,38,48H,4-18H2,1-3H3,(H,40,53)(H,41,55)(H,42,56)(H,43,54)(H,51,52)(H4,36,37,39). The number of amides is 7. The van der Waals surface area contributed by atoms with E-state index in [9.17, 15) is 53.4 Å². The molecule has 3 heterocycles. The van der Waals surface area contributed by atoms with Gasteiger partial charge in [-0.1, -0.05) is 0 Å². The summed E-state index contributed by atoms with van der Waals surface area (Å²) in [6, 6.07) is -6.27. The zero-order valence-corrected chi connectivity index (χ0v) is 32.6. The summed E-state index contributed by atoms with van der Waals surface area (Å²) in [4.78, 5) is 120. The Morgan fingerprint density at radius 1 is 0.789 bits per heavy atom. The molecular weight excluding hydrogens is 750 g/mol. The summed E-state index contributed by atoms with van der Waals surface area (Å²) < 4.78 is 0. The highest BCUT2D eigenvalue weighted by molar-refractivity contribution is 5.97. The van der Waals surface area contributed by atoms with E-state index >= 15 is 0 Å². The highest BCUT2D eigenvalue weighted by Crippen LogP contribution is 2.22. The van der Waals surface area contributed by atoms with Crippen molar-refractivity contribution in [1.82, 2.24) is 46.6 Å². The van der Waals surface area contributed by atoms with Crippen LogP contribution in [0.25, 0.3) is 0 Å². The number of aliphatic hydroxyl groups excluding tert-OH is 1. The van der Waals surface area contributed by atoms with E-state index in [1.807, 2.05) is 0 Å². The first-order chi connectivity index (χ1) is 26.9. The van der Waals surface area contributed by atoms with Gasteiger partial charge in [-0.3, -0.25) is 48.6 Å². The van der Waals surface area contributed by atoms with Crippen molar-refractivity contribution in [3.8, 4) is 0 Å². The number of carboxylic acids is 1. The van der Waals surface area contributed by atoms with Gasteiger partial charge in [0.2, 0.25) is 41.4 Å². The smallest absolute Gasteiger partial charge is 0.303 e. The van der Waals surface area contributed by atoms with Crippen molar-refractivity contribution >= 4 is 59.1 Å². The number of guanidine groups is 1. The lowest BCUT2D eigenvalue weighted by atomic mass is 10.1. The van der Waals surface area contributed by atoms with Crippen LogP contribution in [0.15, 0.2) is 0 Å². The lowest BCUT2D eigenvalue weighted by Gasteiger charge is -2.30. The molecule has 0 radical (unpaired) electrons. The number of aliphatic carboxylic acids is 1. The van der Waals surface area contributed by atoms with Crippen molar-refractivity contribution in [2.24, 2.45) is 5.73 Å². The van der Waals surface area contributed by atoms with Crippen LogP contribution in [0.4, 0.5) is 0 Å². The van der Waals surface area contributed by atoms with Crippen molar-refractivity contribution in [2.75, 3.05) is 46.3 Å². The van der Waals surface area contributed by atoms with Crippen LogP contribution in [0, 0.1) is 5.41 Å². The molecule has 3 fully saturated rings. The van der Waals surface area contributed by atoms with Crippen LogP contribution in [0.2, 0.25) is 0 Å². The van der Waals surface area contributed by atoms with Crippen LogP contribution in [0.1, 0.15) is 71.6 Å². The number of aliphatic hydroxyl groups is 1. The number of rotatable bonds is 20. The molecule has 7 atom stereocenters. The Bertz CT molecular complexity index is 1550. The molecule has 0 spiro atoms. The molecule has 0 aromatic heterocycles. The lowest BCUT2D eigenvalue weighted by Crippen LogP contribution is -2.58.